The highest BCUT2D eigenvalue weighted by Gasteiger charge is 2.04. The van der Waals surface area contributed by atoms with E-state index < -0.39 is 5.97 Å². The van der Waals surface area contributed by atoms with E-state index in [1.54, 1.807) is 25.2 Å². The Bertz CT molecular complexity index is 427. The summed E-state index contributed by atoms with van der Waals surface area (Å²) in [5.74, 6) is -1.21. The highest BCUT2D eigenvalue weighted by Crippen LogP contribution is 2.11. The highest BCUT2D eigenvalue weighted by atomic mass is 16.4. The van der Waals surface area contributed by atoms with Crippen molar-refractivity contribution in [1.29, 1.82) is 5.26 Å². The average molecular weight is 202 g/mol. The number of hydrogen-bond donors (Lipinski definition) is 2. The minimum Gasteiger partial charge on any atom is -0.477 e. The SMILES string of the molecule is CNc1ccc(C=C(C#N)C(=O)O)cc1. The Morgan fingerprint density at radius 1 is 1.47 bits per heavy atom. The van der Waals surface area contributed by atoms with Crippen LogP contribution in [0.15, 0.2) is 29.8 Å². The number of carboxylic acid groups (broad SMARTS) is 1. The van der Waals surface area contributed by atoms with Gasteiger partial charge in [0.05, 0.1) is 0 Å². The van der Waals surface area contributed by atoms with Gasteiger partial charge in [0.15, 0.2) is 0 Å². The highest BCUT2D eigenvalue weighted by molar-refractivity contribution is 5.96. The second-order valence-electron chi connectivity index (χ2n) is 2.85. The summed E-state index contributed by atoms with van der Waals surface area (Å²) in [6.45, 7) is 0. The van der Waals surface area contributed by atoms with Gasteiger partial charge in [-0.15, -0.1) is 0 Å². The van der Waals surface area contributed by atoms with Gasteiger partial charge in [0.1, 0.15) is 11.6 Å². The second kappa shape index (κ2) is 4.82. The molecule has 2 N–H and O–H groups in total. The van der Waals surface area contributed by atoms with Crippen LogP contribution in [0.1, 0.15) is 5.56 Å². The van der Waals surface area contributed by atoms with E-state index in [4.69, 9.17) is 10.4 Å². The molecule has 0 bridgehead atoms. The van der Waals surface area contributed by atoms with Crippen molar-refractivity contribution in [3.63, 3.8) is 0 Å². The van der Waals surface area contributed by atoms with E-state index in [-0.39, 0.29) is 5.57 Å². The third-order valence-electron chi connectivity index (χ3n) is 1.86. The minimum atomic E-state index is -1.21. The van der Waals surface area contributed by atoms with Crippen LogP contribution >= 0.6 is 0 Å². The van der Waals surface area contributed by atoms with Crippen molar-refractivity contribution in [2.24, 2.45) is 0 Å². The van der Waals surface area contributed by atoms with E-state index in [9.17, 15) is 4.79 Å². The van der Waals surface area contributed by atoms with Crippen LogP contribution in [0, 0.1) is 11.3 Å². The molecule has 15 heavy (non-hydrogen) atoms. The lowest BCUT2D eigenvalue weighted by Crippen LogP contribution is -1.97. The molecule has 0 amide bonds. The van der Waals surface area contributed by atoms with Crippen molar-refractivity contribution in [3.8, 4) is 6.07 Å². The maximum atomic E-state index is 10.6. The average Bonchev–Trinajstić information content (AvgIpc) is 2.26. The van der Waals surface area contributed by atoms with Crippen LogP contribution < -0.4 is 5.32 Å². The van der Waals surface area contributed by atoms with Crippen LogP contribution in [-0.4, -0.2) is 18.1 Å². The van der Waals surface area contributed by atoms with E-state index in [1.165, 1.54) is 6.08 Å². The summed E-state index contributed by atoms with van der Waals surface area (Å²) < 4.78 is 0. The number of rotatable bonds is 3. The van der Waals surface area contributed by atoms with Crippen molar-refractivity contribution in [2.45, 2.75) is 0 Å². The second-order valence-corrected chi connectivity index (χ2v) is 2.85. The molecular weight excluding hydrogens is 192 g/mol. The molecular formula is C11H10N2O2. The summed E-state index contributed by atoms with van der Waals surface area (Å²) in [5.41, 5.74) is 1.35. The fourth-order valence-electron chi connectivity index (χ4n) is 1.05. The molecule has 0 aliphatic rings. The molecule has 0 unspecified atom stereocenters. The van der Waals surface area contributed by atoms with Crippen LogP contribution in [0.25, 0.3) is 6.08 Å². The number of aliphatic carboxylic acids is 1. The summed E-state index contributed by atoms with van der Waals surface area (Å²) in [4.78, 5) is 10.6. The lowest BCUT2D eigenvalue weighted by atomic mass is 10.1. The Balaban J connectivity index is 2.98. The number of benzene rings is 1. The lowest BCUT2D eigenvalue weighted by molar-refractivity contribution is -0.132. The predicted molar refractivity (Wildman–Crippen MR) is 57.2 cm³/mol. The third-order valence-corrected chi connectivity index (χ3v) is 1.86. The number of carboxylic acids is 1. The molecule has 0 aliphatic heterocycles. The molecule has 4 heteroatoms. The minimum absolute atomic E-state index is 0.271. The van der Waals surface area contributed by atoms with Crippen LogP contribution in [0.4, 0.5) is 5.69 Å². The molecule has 0 fully saturated rings. The molecule has 0 saturated heterocycles. The number of nitrogens with one attached hydrogen (secondary N) is 1. The third kappa shape index (κ3) is 2.85. The Kier molecular flexibility index (Phi) is 3.47. The van der Waals surface area contributed by atoms with Crippen LogP contribution in [0.5, 0.6) is 0 Å². The first-order chi connectivity index (χ1) is 7.17. The molecule has 1 aromatic carbocycles. The van der Waals surface area contributed by atoms with Gasteiger partial charge in [0, 0.05) is 12.7 Å². The molecule has 76 valence electrons. The van der Waals surface area contributed by atoms with Crippen LogP contribution in [-0.2, 0) is 4.79 Å². The first kappa shape index (κ1) is 10.8. The molecule has 0 aliphatic carbocycles. The van der Waals surface area contributed by atoms with Crippen LogP contribution in [0.3, 0.4) is 0 Å². The Morgan fingerprint density at radius 2 is 2.07 bits per heavy atom. The molecule has 0 atom stereocenters. The summed E-state index contributed by atoms with van der Waals surface area (Å²) >= 11 is 0. The van der Waals surface area contributed by atoms with Gasteiger partial charge in [-0.3, -0.25) is 0 Å². The number of hydrogen-bond acceptors (Lipinski definition) is 3. The summed E-state index contributed by atoms with van der Waals surface area (Å²) in [6, 6.07) is 8.73. The zero-order chi connectivity index (χ0) is 11.3. The predicted octanol–water partition coefficient (Wildman–Crippen LogP) is 1.72. The fourth-order valence-corrected chi connectivity index (χ4v) is 1.05. The monoisotopic (exact) mass is 202 g/mol. The number of carbonyl (C=O) groups is 1. The van der Waals surface area contributed by atoms with E-state index in [0.717, 1.165) is 5.69 Å². The smallest absolute Gasteiger partial charge is 0.346 e. The zero-order valence-corrected chi connectivity index (χ0v) is 8.19. The first-order valence-corrected chi connectivity index (χ1v) is 4.30. The van der Waals surface area contributed by atoms with Gasteiger partial charge >= 0.3 is 5.97 Å². The molecule has 0 radical (unpaired) electrons. The maximum absolute atomic E-state index is 10.6. The molecule has 0 heterocycles. The first-order valence-electron chi connectivity index (χ1n) is 4.30. The lowest BCUT2D eigenvalue weighted by Gasteiger charge is -1.99. The van der Waals surface area contributed by atoms with Crippen molar-refractivity contribution >= 4 is 17.7 Å². The van der Waals surface area contributed by atoms with Gasteiger partial charge in [0.2, 0.25) is 0 Å². The molecule has 1 aromatic rings. The van der Waals surface area contributed by atoms with Gasteiger partial charge in [-0.25, -0.2) is 4.79 Å². The number of anilines is 1. The van der Waals surface area contributed by atoms with Crippen molar-refractivity contribution in [1.82, 2.24) is 0 Å². The topological polar surface area (TPSA) is 73.1 Å². The maximum Gasteiger partial charge on any atom is 0.346 e. The van der Waals surface area contributed by atoms with Crippen molar-refractivity contribution in [3.05, 3.63) is 35.4 Å². The van der Waals surface area contributed by atoms with E-state index in [2.05, 4.69) is 5.32 Å². The van der Waals surface area contributed by atoms with Gasteiger partial charge in [-0.05, 0) is 23.8 Å². The van der Waals surface area contributed by atoms with E-state index in [1.807, 2.05) is 12.1 Å². The van der Waals surface area contributed by atoms with Gasteiger partial charge < -0.3 is 10.4 Å². The summed E-state index contributed by atoms with van der Waals surface area (Å²) in [6.07, 6.45) is 1.34. The van der Waals surface area contributed by atoms with Gasteiger partial charge in [-0.2, -0.15) is 5.26 Å². The number of nitriles is 1. The molecule has 1 rings (SSSR count). The molecule has 0 aromatic heterocycles. The Hall–Kier alpha value is -2.28. The van der Waals surface area contributed by atoms with Crippen molar-refractivity contribution < 1.29 is 9.90 Å². The molecule has 0 spiro atoms. The van der Waals surface area contributed by atoms with Gasteiger partial charge in [-0.1, -0.05) is 12.1 Å². The number of nitrogens with zero attached hydrogens (tertiary/aromatic N) is 1. The Labute approximate surface area is 87.5 Å². The molecule has 0 saturated carbocycles. The fraction of sp³-hybridized carbons (Fsp3) is 0.0909. The van der Waals surface area contributed by atoms with Crippen molar-refractivity contribution in [2.75, 3.05) is 12.4 Å². The zero-order valence-electron chi connectivity index (χ0n) is 8.19. The molecule has 4 nitrogen and oxygen atoms in total. The van der Waals surface area contributed by atoms with Crippen LogP contribution in [0.2, 0.25) is 0 Å². The van der Waals surface area contributed by atoms with E-state index >= 15 is 0 Å². The van der Waals surface area contributed by atoms with Gasteiger partial charge in [0.25, 0.3) is 0 Å². The summed E-state index contributed by atoms with van der Waals surface area (Å²) in [7, 11) is 1.79. The summed E-state index contributed by atoms with van der Waals surface area (Å²) in [5, 5.41) is 20.1. The standard InChI is InChI=1S/C11H10N2O2/c1-13-10-4-2-8(3-5-10)6-9(7-12)11(14)15/h2-6,13H,1H3,(H,14,15). The quantitative estimate of drug-likeness (QED) is 0.578. The van der Waals surface area contributed by atoms with E-state index in [0.29, 0.717) is 5.56 Å². The Morgan fingerprint density at radius 3 is 2.47 bits per heavy atom. The largest absolute Gasteiger partial charge is 0.477 e. The normalized spacial score (nSPS) is 10.5.